The number of fused-ring (bicyclic) bond motifs is 3. The van der Waals surface area contributed by atoms with E-state index in [0.717, 1.165) is 57.0 Å². The van der Waals surface area contributed by atoms with Gasteiger partial charge in [0.05, 0.1) is 5.69 Å². The number of benzene rings is 1. The quantitative estimate of drug-likeness (QED) is 0.796. The highest BCUT2D eigenvalue weighted by Gasteiger charge is 2.17. The number of rotatable bonds is 7. The van der Waals surface area contributed by atoms with Crippen LogP contribution in [0.5, 0.6) is 0 Å². The molecule has 0 saturated carbocycles. The molecule has 1 aliphatic carbocycles. The summed E-state index contributed by atoms with van der Waals surface area (Å²) in [4.78, 5) is 2.44. The second-order valence-corrected chi connectivity index (χ2v) is 6.07. The molecule has 0 fully saturated rings. The minimum absolute atomic E-state index is 0.905. The Morgan fingerprint density at radius 3 is 2.65 bits per heavy atom. The SMILES string of the molecule is CCN(CC)CCCNc1cc2c(nn1)-c1ccccc1CC2. The lowest BCUT2D eigenvalue weighted by Gasteiger charge is -2.19. The predicted molar refractivity (Wildman–Crippen MR) is 95.8 cm³/mol. The van der Waals surface area contributed by atoms with Crippen molar-refractivity contribution < 1.29 is 0 Å². The minimum atomic E-state index is 0.905. The third-order valence-corrected chi connectivity index (χ3v) is 4.66. The van der Waals surface area contributed by atoms with E-state index >= 15 is 0 Å². The van der Waals surface area contributed by atoms with Crippen molar-refractivity contribution in [1.29, 1.82) is 0 Å². The molecule has 0 amide bonds. The van der Waals surface area contributed by atoms with E-state index in [1.165, 1.54) is 16.7 Å². The summed E-state index contributed by atoms with van der Waals surface area (Å²) < 4.78 is 0. The smallest absolute Gasteiger partial charge is 0.148 e. The van der Waals surface area contributed by atoms with Crippen molar-refractivity contribution >= 4 is 5.82 Å². The molecule has 0 radical (unpaired) electrons. The number of hydrogen-bond acceptors (Lipinski definition) is 4. The van der Waals surface area contributed by atoms with Crippen LogP contribution < -0.4 is 5.32 Å². The van der Waals surface area contributed by atoms with E-state index in [4.69, 9.17) is 0 Å². The Morgan fingerprint density at radius 2 is 1.83 bits per heavy atom. The lowest BCUT2D eigenvalue weighted by molar-refractivity contribution is 0.303. The molecule has 2 aromatic rings. The third-order valence-electron chi connectivity index (χ3n) is 4.66. The lowest BCUT2D eigenvalue weighted by Crippen LogP contribution is -2.25. The number of hydrogen-bond donors (Lipinski definition) is 1. The standard InChI is InChI=1S/C19H26N4/c1-3-23(4-2)13-7-12-20-18-14-16-11-10-15-8-5-6-9-17(15)19(16)22-21-18/h5-6,8-9,14H,3-4,7,10-13H2,1-2H3,(H,20,21). The van der Waals surface area contributed by atoms with E-state index in [1.807, 2.05) is 0 Å². The summed E-state index contributed by atoms with van der Waals surface area (Å²) in [5, 5.41) is 12.3. The van der Waals surface area contributed by atoms with E-state index in [-0.39, 0.29) is 0 Å². The average molecular weight is 310 g/mol. The van der Waals surface area contributed by atoms with Gasteiger partial charge >= 0.3 is 0 Å². The highest BCUT2D eigenvalue weighted by molar-refractivity contribution is 5.70. The van der Waals surface area contributed by atoms with E-state index in [9.17, 15) is 0 Å². The fourth-order valence-corrected chi connectivity index (χ4v) is 3.23. The second-order valence-electron chi connectivity index (χ2n) is 6.07. The van der Waals surface area contributed by atoms with Gasteiger partial charge in [0.25, 0.3) is 0 Å². The van der Waals surface area contributed by atoms with E-state index in [2.05, 4.69) is 64.6 Å². The van der Waals surface area contributed by atoms with Crippen LogP contribution in [0.4, 0.5) is 5.82 Å². The zero-order valence-corrected chi connectivity index (χ0v) is 14.2. The largest absolute Gasteiger partial charge is 0.369 e. The molecule has 1 aromatic carbocycles. The summed E-state index contributed by atoms with van der Waals surface area (Å²) >= 11 is 0. The van der Waals surface area contributed by atoms with Crippen LogP contribution >= 0.6 is 0 Å². The van der Waals surface area contributed by atoms with E-state index in [1.54, 1.807) is 0 Å². The Hall–Kier alpha value is -1.94. The molecule has 0 unspecified atom stereocenters. The molecule has 0 aliphatic heterocycles. The molecule has 122 valence electrons. The number of aryl methyl sites for hydroxylation is 2. The molecular formula is C19H26N4. The average Bonchev–Trinajstić information content (AvgIpc) is 2.61. The van der Waals surface area contributed by atoms with Gasteiger partial charge in [-0.3, -0.25) is 0 Å². The van der Waals surface area contributed by atoms with Gasteiger partial charge in [-0.2, -0.15) is 0 Å². The van der Waals surface area contributed by atoms with Crippen molar-refractivity contribution in [3.63, 3.8) is 0 Å². The van der Waals surface area contributed by atoms with Crippen LogP contribution in [0.15, 0.2) is 30.3 Å². The van der Waals surface area contributed by atoms with Gasteiger partial charge in [0.15, 0.2) is 0 Å². The normalized spacial score (nSPS) is 12.8. The molecule has 0 spiro atoms. The van der Waals surface area contributed by atoms with E-state index < -0.39 is 0 Å². The molecule has 1 heterocycles. The Kier molecular flexibility index (Phi) is 5.23. The first-order chi connectivity index (χ1) is 11.3. The van der Waals surface area contributed by atoms with Crippen LogP contribution in [0.2, 0.25) is 0 Å². The first-order valence-electron chi connectivity index (χ1n) is 8.73. The maximum Gasteiger partial charge on any atom is 0.148 e. The van der Waals surface area contributed by atoms with Gasteiger partial charge in [-0.05, 0) is 56.1 Å². The summed E-state index contributed by atoms with van der Waals surface area (Å²) in [6.07, 6.45) is 3.27. The fourth-order valence-electron chi connectivity index (χ4n) is 3.23. The molecule has 3 rings (SSSR count). The van der Waals surface area contributed by atoms with Gasteiger partial charge in [-0.15, -0.1) is 10.2 Å². The van der Waals surface area contributed by atoms with Crippen molar-refractivity contribution in [1.82, 2.24) is 15.1 Å². The summed E-state index contributed by atoms with van der Waals surface area (Å²) in [6, 6.07) is 10.7. The molecule has 23 heavy (non-hydrogen) atoms. The molecule has 0 bridgehead atoms. The van der Waals surface area contributed by atoms with Crippen LogP contribution in [0.25, 0.3) is 11.3 Å². The molecule has 1 aliphatic rings. The maximum absolute atomic E-state index is 4.48. The monoisotopic (exact) mass is 310 g/mol. The lowest BCUT2D eigenvalue weighted by atomic mass is 9.89. The van der Waals surface area contributed by atoms with Crippen LogP contribution in [-0.2, 0) is 12.8 Å². The van der Waals surface area contributed by atoms with Crippen LogP contribution in [0, 0.1) is 0 Å². The summed E-state index contributed by atoms with van der Waals surface area (Å²) in [5.41, 5.74) is 4.99. The summed E-state index contributed by atoms with van der Waals surface area (Å²) in [7, 11) is 0. The highest BCUT2D eigenvalue weighted by atomic mass is 15.2. The summed E-state index contributed by atoms with van der Waals surface area (Å²) in [6.45, 7) is 8.74. The molecule has 0 saturated heterocycles. The van der Waals surface area contributed by atoms with E-state index in [0.29, 0.717) is 0 Å². The topological polar surface area (TPSA) is 41.0 Å². The van der Waals surface area contributed by atoms with Crippen LogP contribution in [0.3, 0.4) is 0 Å². The molecule has 0 atom stereocenters. The Morgan fingerprint density at radius 1 is 1.04 bits per heavy atom. The molecule has 1 aromatic heterocycles. The first kappa shape index (κ1) is 15.9. The Bertz CT molecular complexity index is 650. The minimum Gasteiger partial charge on any atom is -0.369 e. The zero-order chi connectivity index (χ0) is 16.1. The third kappa shape index (κ3) is 3.70. The van der Waals surface area contributed by atoms with Crippen LogP contribution in [0.1, 0.15) is 31.4 Å². The summed E-state index contributed by atoms with van der Waals surface area (Å²) in [5.74, 6) is 0.905. The maximum atomic E-state index is 4.48. The number of aromatic nitrogens is 2. The van der Waals surface area contributed by atoms with Gasteiger partial charge in [0.2, 0.25) is 0 Å². The number of anilines is 1. The van der Waals surface area contributed by atoms with Crippen molar-refractivity contribution in [2.24, 2.45) is 0 Å². The molecule has 4 nitrogen and oxygen atoms in total. The molecule has 4 heteroatoms. The highest BCUT2D eigenvalue weighted by Crippen LogP contribution is 2.31. The molecule has 1 N–H and O–H groups in total. The number of nitrogens with zero attached hydrogens (tertiary/aromatic N) is 3. The predicted octanol–water partition coefficient (Wildman–Crippen LogP) is 3.39. The van der Waals surface area contributed by atoms with Gasteiger partial charge in [0.1, 0.15) is 5.82 Å². The van der Waals surface area contributed by atoms with Crippen LogP contribution in [-0.4, -0.2) is 41.3 Å². The first-order valence-corrected chi connectivity index (χ1v) is 8.73. The van der Waals surface area contributed by atoms with Crippen molar-refractivity contribution in [2.75, 3.05) is 31.5 Å². The Labute approximate surface area is 138 Å². The van der Waals surface area contributed by atoms with Crippen molar-refractivity contribution in [2.45, 2.75) is 33.1 Å². The zero-order valence-electron chi connectivity index (χ0n) is 14.2. The van der Waals surface area contributed by atoms with Crippen molar-refractivity contribution in [3.05, 3.63) is 41.5 Å². The van der Waals surface area contributed by atoms with Gasteiger partial charge in [-0.1, -0.05) is 38.1 Å². The number of nitrogens with one attached hydrogen (secondary N) is 1. The molecular weight excluding hydrogens is 284 g/mol. The second kappa shape index (κ2) is 7.55. The van der Waals surface area contributed by atoms with Gasteiger partial charge < -0.3 is 10.2 Å². The van der Waals surface area contributed by atoms with Crippen molar-refractivity contribution in [3.8, 4) is 11.3 Å². The van der Waals surface area contributed by atoms with Gasteiger partial charge in [-0.25, -0.2) is 0 Å². The fraction of sp³-hybridized carbons (Fsp3) is 0.474. The van der Waals surface area contributed by atoms with Gasteiger partial charge in [0, 0.05) is 12.1 Å². The Balaban J connectivity index is 1.62.